The fourth-order valence-electron chi connectivity index (χ4n) is 3.68. The molecule has 1 fully saturated rings. The van der Waals surface area contributed by atoms with Crippen molar-refractivity contribution in [1.29, 1.82) is 0 Å². The van der Waals surface area contributed by atoms with Crippen molar-refractivity contribution in [3.8, 4) is 5.75 Å². The van der Waals surface area contributed by atoms with Gasteiger partial charge in [-0.3, -0.25) is 0 Å². The zero-order valence-corrected chi connectivity index (χ0v) is 12.9. The molecule has 2 aliphatic carbocycles. The average molecular weight is 273 g/mol. The Morgan fingerprint density at radius 1 is 1.35 bits per heavy atom. The summed E-state index contributed by atoms with van der Waals surface area (Å²) in [5.74, 6) is 0.993. The minimum Gasteiger partial charge on any atom is -0.497 e. The molecule has 0 saturated heterocycles. The lowest BCUT2D eigenvalue weighted by Crippen LogP contribution is -2.30. The van der Waals surface area contributed by atoms with Crippen molar-refractivity contribution in [3.63, 3.8) is 0 Å². The van der Waals surface area contributed by atoms with E-state index in [0.29, 0.717) is 11.5 Å². The zero-order valence-electron chi connectivity index (χ0n) is 12.9. The van der Waals surface area contributed by atoms with Gasteiger partial charge < -0.3 is 10.1 Å². The minimum atomic E-state index is 0.531. The molecule has 0 heterocycles. The summed E-state index contributed by atoms with van der Waals surface area (Å²) < 4.78 is 5.40. The van der Waals surface area contributed by atoms with E-state index in [9.17, 15) is 0 Å². The molecule has 0 spiro atoms. The highest BCUT2D eigenvalue weighted by molar-refractivity contribution is 5.39. The van der Waals surface area contributed by atoms with E-state index in [1.165, 1.54) is 62.6 Å². The van der Waals surface area contributed by atoms with Gasteiger partial charge in [0.25, 0.3) is 0 Å². The van der Waals surface area contributed by atoms with Crippen LogP contribution in [0.2, 0.25) is 0 Å². The second-order valence-electron chi connectivity index (χ2n) is 6.64. The molecule has 1 aromatic rings. The Labute approximate surface area is 122 Å². The zero-order chi connectivity index (χ0) is 14.0. The van der Waals surface area contributed by atoms with E-state index in [4.69, 9.17) is 4.74 Å². The Hall–Kier alpha value is -1.02. The maximum atomic E-state index is 5.40. The minimum absolute atomic E-state index is 0.531. The van der Waals surface area contributed by atoms with E-state index in [0.717, 1.165) is 5.75 Å². The number of aryl methyl sites for hydroxylation is 1. The van der Waals surface area contributed by atoms with Crippen LogP contribution in [0.25, 0.3) is 0 Å². The van der Waals surface area contributed by atoms with Gasteiger partial charge in [0.15, 0.2) is 0 Å². The topological polar surface area (TPSA) is 21.3 Å². The standard InChI is InChI=1S/C18H27NO/c1-3-9-18(10-11-18)13-19-17-6-4-5-14-7-8-15(20-2)12-16(14)17/h7-8,12,17,19H,3-6,9-11,13H2,1-2H3. The highest BCUT2D eigenvalue weighted by Gasteiger charge is 2.41. The molecule has 0 bridgehead atoms. The Morgan fingerprint density at radius 2 is 2.20 bits per heavy atom. The molecule has 1 aromatic carbocycles. The monoisotopic (exact) mass is 273 g/mol. The second-order valence-corrected chi connectivity index (χ2v) is 6.64. The molecular formula is C18H27NO. The third kappa shape index (κ3) is 2.85. The Balaban J connectivity index is 1.69. The van der Waals surface area contributed by atoms with Crippen molar-refractivity contribution < 1.29 is 4.74 Å². The van der Waals surface area contributed by atoms with Crippen LogP contribution >= 0.6 is 0 Å². The quantitative estimate of drug-likeness (QED) is 0.837. The molecule has 20 heavy (non-hydrogen) atoms. The van der Waals surface area contributed by atoms with E-state index in [1.807, 2.05) is 0 Å². The van der Waals surface area contributed by atoms with E-state index < -0.39 is 0 Å². The Bertz CT molecular complexity index is 464. The van der Waals surface area contributed by atoms with Crippen molar-refractivity contribution in [3.05, 3.63) is 29.3 Å². The number of hydrogen-bond donors (Lipinski definition) is 1. The largest absolute Gasteiger partial charge is 0.497 e. The van der Waals surface area contributed by atoms with E-state index in [1.54, 1.807) is 7.11 Å². The van der Waals surface area contributed by atoms with Crippen LogP contribution in [-0.4, -0.2) is 13.7 Å². The summed E-state index contributed by atoms with van der Waals surface area (Å²) in [4.78, 5) is 0. The number of rotatable bonds is 6. The summed E-state index contributed by atoms with van der Waals surface area (Å²) >= 11 is 0. The SMILES string of the molecule is CCCC1(CNC2CCCc3ccc(OC)cc32)CC1. The van der Waals surface area contributed by atoms with Gasteiger partial charge >= 0.3 is 0 Å². The van der Waals surface area contributed by atoms with Crippen LogP contribution in [0.4, 0.5) is 0 Å². The molecule has 1 N–H and O–H groups in total. The third-order valence-corrected chi connectivity index (χ3v) is 5.13. The second kappa shape index (κ2) is 5.77. The van der Waals surface area contributed by atoms with Crippen molar-refractivity contribution in [2.45, 2.75) is 57.9 Å². The molecule has 1 saturated carbocycles. The highest BCUT2D eigenvalue weighted by atomic mass is 16.5. The lowest BCUT2D eigenvalue weighted by molar-refractivity contribution is 0.365. The van der Waals surface area contributed by atoms with Gasteiger partial charge in [0.2, 0.25) is 0 Å². The van der Waals surface area contributed by atoms with Gasteiger partial charge in [0.1, 0.15) is 5.75 Å². The van der Waals surface area contributed by atoms with Crippen LogP contribution in [0.3, 0.4) is 0 Å². The van der Waals surface area contributed by atoms with E-state index >= 15 is 0 Å². The first-order valence-electron chi connectivity index (χ1n) is 8.16. The predicted octanol–water partition coefficient (Wildman–Crippen LogP) is 4.24. The highest BCUT2D eigenvalue weighted by Crippen LogP contribution is 2.49. The maximum absolute atomic E-state index is 5.40. The average Bonchev–Trinajstić information content (AvgIpc) is 3.25. The fourth-order valence-corrected chi connectivity index (χ4v) is 3.68. The maximum Gasteiger partial charge on any atom is 0.119 e. The molecule has 2 heteroatoms. The number of hydrogen-bond acceptors (Lipinski definition) is 2. The molecule has 1 atom stereocenters. The molecule has 0 aromatic heterocycles. The van der Waals surface area contributed by atoms with Crippen molar-refractivity contribution in [2.24, 2.45) is 5.41 Å². The van der Waals surface area contributed by atoms with Crippen LogP contribution in [-0.2, 0) is 6.42 Å². The summed E-state index contributed by atoms with van der Waals surface area (Å²) in [5.41, 5.74) is 3.61. The van der Waals surface area contributed by atoms with Gasteiger partial charge in [-0.1, -0.05) is 19.4 Å². The van der Waals surface area contributed by atoms with E-state index in [-0.39, 0.29) is 0 Å². The van der Waals surface area contributed by atoms with Crippen molar-refractivity contribution in [2.75, 3.05) is 13.7 Å². The van der Waals surface area contributed by atoms with Gasteiger partial charge in [0.05, 0.1) is 7.11 Å². The molecule has 0 radical (unpaired) electrons. The third-order valence-electron chi connectivity index (χ3n) is 5.13. The van der Waals surface area contributed by atoms with Gasteiger partial charge in [-0.25, -0.2) is 0 Å². The first-order valence-corrected chi connectivity index (χ1v) is 8.16. The van der Waals surface area contributed by atoms with Gasteiger partial charge in [-0.05, 0) is 67.2 Å². The molecule has 2 aliphatic rings. The van der Waals surface area contributed by atoms with Gasteiger partial charge in [-0.2, -0.15) is 0 Å². The van der Waals surface area contributed by atoms with Crippen LogP contribution in [0.15, 0.2) is 18.2 Å². The molecule has 0 aliphatic heterocycles. The number of fused-ring (bicyclic) bond motifs is 1. The van der Waals surface area contributed by atoms with Crippen LogP contribution in [0, 0.1) is 5.41 Å². The normalized spacial score (nSPS) is 23.2. The first-order chi connectivity index (χ1) is 9.76. The molecule has 110 valence electrons. The van der Waals surface area contributed by atoms with Crippen molar-refractivity contribution in [1.82, 2.24) is 5.32 Å². The molecule has 1 unspecified atom stereocenters. The summed E-state index contributed by atoms with van der Waals surface area (Å²) in [6.45, 7) is 3.50. The number of nitrogens with one attached hydrogen (secondary N) is 1. The van der Waals surface area contributed by atoms with E-state index in [2.05, 4.69) is 30.4 Å². The predicted molar refractivity (Wildman–Crippen MR) is 83.3 cm³/mol. The van der Waals surface area contributed by atoms with Crippen LogP contribution in [0.1, 0.15) is 62.6 Å². The lowest BCUT2D eigenvalue weighted by atomic mass is 9.87. The molecule has 0 amide bonds. The lowest BCUT2D eigenvalue weighted by Gasteiger charge is -2.29. The van der Waals surface area contributed by atoms with Crippen molar-refractivity contribution >= 4 is 0 Å². The molecule has 2 nitrogen and oxygen atoms in total. The van der Waals surface area contributed by atoms with Gasteiger partial charge in [-0.15, -0.1) is 0 Å². The Kier molecular flexibility index (Phi) is 4.02. The summed E-state index contributed by atoms with van der Waals surface area (Å²) in [6, 6.07) is 7.12. The van der Waals surface area contributed by atoms with Gasteiger partial charge in [0, 0.05) is 12.6 Å². The molecule has 3 rings (SSSR count). The smallest absolute Gasteiger partial charge is 0.119 e. The first kappa shape index (κ1) is 13.9. The van der Waals surface area contributed by atoms with Crippen LogP contribution < -0.4 is 10.1 Å². The Morgan fingerprint density at radius 3 is 2.90 bits per heavy atom. The summed E-state index contributed by atoms with van der Waals surface area (Å²) in [6.07, 6.45) is 9.34. The molecular weight excluding hydrogens is 246 g/mol. The number of methoxy groups -OCH3 is 1. The van der Waals surface area contributed by atoms with Crippen LogP contribution in [0.5, 0.6) is 5.75 Å². The summed E-state index contributed by atoms with van der Waals surface area (Å²) in [5, 5.41) is 3.86. The number of benzene rings is 1. The number of ether oxygens (including phenoxy) is 1. The summed E-state index contributed by atoms with van der Waals surface area (Å²) in [7, 11) is 1.76. The fraction of sp³-hybridized carbons (Fsp3) is 0.667.